The number of aliphatic hydroxyl groups is 4. The summed E-state index contributed by atoms with van der Waals surface area (Å²) in [4.78, 5) is 2.54. The van der Waals surface area contributed by atoms with E-state index in [1.54, 1.807) is 0 Å². The number of rotatable bonds is 5. The quantitative estimate of drug-likeness (QED) is 0.159. The molecule has 0 amide bonds. The van der Waals surface area contributed by atoms with Crippen LogP contribution in [0.5, 0.6) is 0 Å². The van der Waals surface area contributed by atoms with Crippen LogP contribution in [0.4, 0.5) is 0 Å². The van der Waals surface area contributed by atoms with E-state index in [4.69, 9.17) is 15.4 Å². The molecule has 1 heterocycles. The highest BCUT2D eigenvalue weighted by molar-refractivity contribution is 4.92. The lowest BCUT2D eigenvalue weighted by Crippen LogP contribution is -2.63. The molecule has 5 atom stereocenters. The molecule has 1 fully saturated rings. The molecule has 1 aliphatic heterocycles. The highest BCUT2D eigenvalue weighted by Crippen LogP contribution is 2.19. The van der Waals surface area contributed by atoms with Crippen molar-refractivity contribution in [3.05, 3.63) is 10.4 Å². The Labute approximate surface area is 97.3 Å². The van der Waals surface area contributed by atoms with Crippen LogP contribution in [0.3, 0.4) is 0 Å². The molecular formula is C8H16N4O5. The summed E-state index contributed by atoms with van der Waals surface area (Å²) in [6.07, 6.45) is -4.94. The molecule has 0 aromatic heterocycles. The predicted molar refractivity (Wildman–Crippen MR) is 55.8 cm³/mol. The van der Waals surface area contributed by atoms with E-state index in [0.717, 1.165) is 0 Å². The van der Waals surface area contributed by atoms with Crippen molar-refractivity contribution in [2.45, 2.75) is 30.6 Å². The zero-order valence-electron chi connectivity index (χ0n) is 9.05. The standard InChI is InChI=1S/C8H16N4O5/c9-12-11-2-1-10-5-7(15)6(14)4(3-13)17-8(5)16/h4-8,10,13-16H,1-3H2/t4-,5+,6-,7-,8?/m1/s1. The van der Waals surface area contributed by atoms with E-state index in [0.29, 0.717) is 0 Å². The Kier molecular flexibility index (Phi) is 5.59. The molecule has 0 spiro atoms. The van der Waals surface area contributed by atoms with Crippen molar-refractivity contribution < 1.29 is 25.2 Å². The smallest absolute Gasteiger partial charge is 0.173 e. The summed E-state index contributed by atoms with van der Waals surface area (Å²) in [5.74, 6) is 0. The molecule has 0 saturated carbocycles. The van der Waals surface area contributed by atoms with Crippen molar-refractivity contribution in [2.75, 3.05) is 19.7 Å². The Morgan fingerprint density at radius 1 is 1.29 bits per heavy atom. The van der Waals surface area contributed by atoms with Crippen molar-refractivity contribution in [1.29, 1.82) is 0 Å². The number of hydrogen-bond donors (Lipinski definition) is 5. The van der Waals surface area contributed by atoms with E-state index < -0.39 is 37.3 Å². The maximum Gasteiger partial charge on any atom is 0.173 e. The Balaban J connectivity index is 2.50. The van der Waals surface area contributed by atoms with Crippen molar-refractivity contribution in [3.8, 4) is 0 Å². The molecule has 0 bridgehead atoms. The van der Waals surface area contributed by atoms with E-state index in [9.17, 15) is 15.3 Å². The molecule has 17 heavy (non-hydrogen) atoms. The number of nitrogens with one attached hydrogen (secondary N) is 1. The van der Waals surface area contributed by atoms with Crippen LogP contribution in [0, 0.1) is 0 Å². The van der Waals surface area contributed by atoms with Gasteiger partial charge in [-0.1, -0.05) is 5.11 Å². The highest BCUT2D eigenvalue weighted by atomic mass is 16.6. The van der Waals surface area contributed by atoms with Crippen molar-refractivity contribution in [2.24, 2.45) is 5.11 Å². The largest absolute Gasteiger partial charge is 0.394 e. The van der Waals surface area contributed by atoms with Gasteiger partial charge < -0.3 is 30.5 Å². The van der Waals surface area contributed by atoms with E-state index in [-0.39, 0.29) is 13.1 Å². The maximum absolute atomic E-state index is 9.70. The average Bonchev–Trinajstić information content (AvgIpc) is 2.32. The fraction of sp³-hybridized carbons (Fsp3) is 1.00. The first-order valence-electron chi connectivity index (χ1n) is 5.16. The lowest BCUT2D eigenvalue weighted by Gasteiger charge is -2.40. The summed E-state index contributed by atoms with van der Waals surface area (Å²) >= 11 is 0. The van der Waals surface area contributed by atoms with Crippen molar-refractivity contribution in [3.63, 3.8) is 0 Å². The van der Waals surface area contributed by atoms with Crippen LogP contribution in [0.2, 0.25) is 0 Å². The van der Waals surface area contributed by atoms with Gasteiger partial charge in [0.1, 0.15) is 18.3 Å². The van der Waals surface area contributed by atoms with Crippen LogP contribution in [0.1, 0.15) is 0 Å². The summed E-state index contributed by atoms with van der Waals surface area (Å²) in [5, 5.41) is 43.6. The highest BCUT2D eigenvalue weighted by Gasteiger charge is 2.43. The molecule has 0 aromatic rings. The van der Waals surface area contributed by atoms with Gasteiger partial charge in [-0.3, -0.25) is 0 Å². The number of azide groups is 1. The minimum Gasteiger partial charge on any atom is -0.394 e. The molecule has 1 aliphatic rings. The lowest BCUT2D eigenvalue weighted by molar-refractivity contribution is -0.254. The number of nitrogens with zero attached hydrogens (tertiary/aromatic N) is 3. The molecule has 0 radical (unpaired) electrons. The third kappa shape index (κ3) is 3.51. The van der Waals surface area contributed by atoms with Crippen LogP contribution in [-0.2, 0) is 4.74 Å². The molecule has 1 rings (SSSR count). The summed E-state index contributed by atoms with van der Waals surface area (Å²) in [5.41, 5.74) is 8.06. The molecule has 9 nitrogen and oxygen atoms in total. The fourth-order valence-corrected chi connectivity index (χ4v) is 1.64. The first-order chi connectivity index (χ1) is 8.11. The Bertz CT molecular complexity index is 285. The molecule has 9 heteroatoms. The third-order valence-corrected chi connectivity index (χ3v) is 2.56. The monoisotopic (exact) mass is 248 g/mol. The van der Waals surface area contributed by atoms with Gasteiger partial charge in [0.2, 0.25) is 0 Å². The van der Waals surface area contributed by atoms with E-state index in [1.807, 2.05) is 0 Å². The first-order valence-corrected chi connectivity index (χ1v) is 5.16. The van der Waals surface area contributed by atoms with Crippen LogP contribution in [0.15, 0.2) is 5.11 Å². The Morgan fingerprint density at radius 2 is 2.00 bits per heavy atom. The SMILES string of the molecule is [N-]=[N+]=NCCN[C@@H]1C(O)O[C@H](CO)[C@@H](O)[C@@H]1O. The molecule has 98 valence electrons. The summed E-state index contributed by atoms with van der Waals surface area (Å²) in [7, 11) is 0. The van der Waals surface area contributed by atoms with Gasteiger partial charge in [-0.05, 0) is 5.53 Å². The number of aliphatic hydroxyl groups excluding tert-OH is 4. The normalized spacial score (nSPS) is 37.5. The van der Waals surface area contributed by atoms with Crippen LogP contribution in [0.25, 0.3) is 10.4 Å². The summed E-state index contributed by atoms with van der Waals surface area (Å²) in [6.45, 7) is -0.130. The van der Waals surface area contributed by atoms with E-state index in [2.05, 4.69) is 15.3 Å². The third-order valence-electron chi connectivity index (χ3n) is 2.56. The molecule has 0 aromatic carbocycles. The lowest BCUT2D eigenvalue weighted by atomic mass is 9.97. The average molecular weight is 248 g/mol. The zero-order valence-corrected chi connectivity index (χ0v) is 9.05. The van der Waals surface area contributed by atoms with Gasteiger partial charge in [-0.25, -0.2) is 0 Å². The van der Waals surface area contributed by atoms with Gasteiger partial charge in [-0.2, -0.15) is 0 Å². The first kappa shape index (κ1) is 14.1. The van der Waals surface area contributed by atoms with Gasteiger partial charge in [0, 0.05) is 18.0 Å². The molecule has 5 N–H and O–H groups in total. The van der Waals surface area contributed by atoms with Gasteiger partial charge in [0.05, 0.1) is 12.6 Å². The Hall–Kier alpha value is -0.930. The second-order valence-corrected chi connectivity index (χ2v) is 3.66. The topological polar surface area (TPSA) is 151 Å². The van der Waals surface area contributed by atoms with Crippen LogP contribution >= 0.6 is 0 Å². The number of ether oxygens (including phenoxy) is 1. The van der Waals surface area contributed by atoms with Crippen molar-refractivity contribution >= 4 is 0 Å². The van der Waals surface area contributed by atoms with E-state index >= 15 is 0 Å². The maximum atomic E-state index is 9.70. The van der Waals surface area contributed by atoms with Crippen molar-refractivity contribution in [1.82, 2.24) is 5.32 Å². The minimum atomic E-state index is -1.35. The van der Waals surface area contributed by atoms with Gasteiger partial charge in [0.15, 0.2) is 6.29 Å². The van der Waals surface area contributed by atoms with Crippen LogP contribution in [-0.4, -0.2) is 70.8 Å². The minimum absolute atomic E-state index is 0.145. The van der Waals surface area contributed by atoms with E-state index in [1.165, 1.54) is 0 Å². The number of hydrogen-bond acceptors (Lipinski definition) is 7. The second-order valence-electron chi connectivity index (χ2n) is 3.66. The predicted octanol–water partition coefficient (Wildman–Crippen LogP) is -2.31. The molecule has 0 aliphatic carbocycles. The fourth-order valence-electron chi connectivity index (χ4n) is 1.64. The molecule has 1 saturated heterocycles. The van der Waals surface area contributed by atoms with Gasteiger partial charge in [-0.15, -0.1) is 0 Å². The second kappa shape index (κ2) is 6.72. The van der Waals surface area contributed by atoms with Gasteiger partial charge >= 0.3 is 0 Å². The molecular weight excluding hydrogens is 232 g/mol. The van der Waals surface area contributed by atoms with Crippen LogP contribution < -0.4 is 5.32 Å². The molecule has 1 unspecified atom stereocenters. The van der Waals surface area contributed by atoms with Gasteiger partial charge in [0.25, 0.3) is 0 Å². The Morgan fingerprint density at radius 3 is 2.59 bits per heavy atom. The zero-order chi connectivity index (χ0) is 12.8. The summed E-state index contributed by atoms with van der Waals surface area (Å²) in [6, 6.07) is -0.901. The summed E-state index contributed by atoms with van der Waals surface area (Å²) < 4.78 is 4.92.